The van der Waals surface area contributed by atoms with E-state index in [9.17, 15) is 46.6 Å². The van der Waals surface area contributed by atoms with Gasteiger partial charge in [-0.05, 0) is 148 Å². The molecule has 11 aromatic rings. The van der Waals surface area contributed by atoms with Crippen LogP contribution in [-0.2, 0) is 46.4 Å². The van der Waals surface area contributed by atoms with Crippen LogP contribution in [0.4, 0.5) is 26.3 Å². The molecule has 18 nitrogen and oxygen atoms in total. The smallest absolute Gasteiger partial charge is 0.393 e. The third-order valence-electron chi connectivity index (χ3n) is 13.5. The molecule has 1 fully saturated rings. The Kier molecular flexibility index (Phi) is 25.9. The molecular formula is C63H52Cl5F6N7O11S5. The van der Waals surface area contributed by atoms with E-state index >= 15 is 8.78 Å². The number of thiazole rings is 5. The molecule has 3 N–H and O–H groups in total. The average molecular weight is 1530 g/mol. The Hall–Kier alpha value is -7.13. The molecule has 2 aliphatic rings. The number of likely N-dealkylation sites (tertiary alicyclic amines) is 1. The SMILES string of the molecule is C.CCOC(=O)C(=O)c1nc2cc(Cl)ccc2s1.CCOC(=O)C(F)(F)c1nc2cc(Cl)ccc2s1.Clc1ccc2scnc2c1.O=C(N[C@H](CN1CCCC1)[C@H](O)c1ccc2c(c1)OCCO2)C(F)(F)c1nc2cc(Cl)ccc2s1.O=C(O)C(F)(F)c1nc2cc(Cl)ccc2s1. The number of carbonyl (C=O) groups excluding carboxylic acids is 4. The van der Waals surface area contributed by atoms with Crippen molar-refractivity contribution in [2.45, 2.75) is 64.0 Å². The molecule has 1 amide bonds. The molecule has 34 heteroatoms. The monoisotopic (exact) mass is 1530 g/mol. The highest BCUT2D eigenvalue weighted by Gasteiger charge is 2.48. The van der Waals surface area contributed by atoms with E-state index in [1.54, 1.807) is 78.9 Å². The fraction of sp³-hybridized carbons (Fsp3) is 0.270. The number of aliphatic hydroxyl groups excluding tert-OH is 1. The van der Waals surface area contributed by atoms with E-state index in [2.05, 4.69) is 39.7 Å². The lowest BCUT2D eigenvalue weighted by atomic mass is 10.0. The molecular weight excluding hydrogens is 1480 g/mol. The zero-order chi connectivity index (χ0) is 69.2. The van der Waals surface area contributed by atoms with Crippen LogP contribution < -0.4 is 14.8 Å². The number of carboxylic acids is 1. The topological polar surface area (TPSA) is 242 Å². The number of carbonyl (C=O) groups is 5. The largest absolute Gasteiger partial charge is 0.486 e. The van der Waals surface area contributed by atoms with E-state index in [-0.39, 0.29) is 37.7 Å². The molecule has 0 aliphatic carbocycles. The van der Waals surface area contributed by atoms with E-state index in [4.69, 9.17) is 72.6 Å². The minimum absolute atomic E-state index is 0. The fourth-order valence-corrected chi connectivity index (χ4v) is 14.0. The highest BCUT2D eigenvalue weighted by molar-refractivity contribution is 7.21. The van der Waals surface area contributed by atoms with Crippen LogP contribution in [0.1, 0.15) is 70.6 Å². The first-order chi connectivity index (χ1) is 45.6. The van der Waals surface area contributed by atoms with Crippen LogP contribution in [0.25, 0.3) is 51.1 Å². The Labute approximate surface area is 592 Å². The third kappa shape index (κ3) is 18.8. The molecule has 2 atom stereocenters. The van der Waals surface area contributed by atoms with Gasteiger partial charge in [-0.1, -0.05) is 71.5 Å². The Morgan fingerprint density at radius 1 is 0.577 bits per heavy atom. The number of amides is 1. The van der Waals surface area contributed by atoms with Crippen LogP contribution in [-0.4, -0.2) is 122 Å². The summed E-state index contributed by atoms with van der Waals surface area (Å²) in [5.41, 5.74) is 4.76. The maximum Gasteiger partial charge on any atom is 0.393 e. The van der Waals surface area contributed by atoms with Gasteiger partial charge in [0.2, 0.25) is 0 Å². The number of ketones is 1. The van der Waals surface area contributed by atoms with Crippen LogP contribution >= 0.6 is 115 Å². The Morgan fingerprint density at radius 2 is 1.02 bits per heavy atom. The highest BCUT2D eigenvalue weighted by atomic mass is 35.5. The summed E-state index contributed by atoms with van der Waals surface area (Å²) in [5, 5.41) is 22.5. The van der Waals surface area contributed by atoms with Gasteiger partial charge in [-0.15, -0.1) is 56.7 Å². The number of rotatable bonds is 15. The molecule has 0 radical (unpaired) electrons. The van der Waals surface area contributed by atoms with Crippen LogP contribution in [0.15, 0.2) is 115 Å². The predicted molar refractivity (Wildman–Crippen MR) is 367 cm³/mol. The van der Waals surface area contributed by atoms with Crippen molar-refractivity contribution >= 4 is 195 Å². The number of aliphatic hydroxyl groups is 1. The van der Waals surface area contributed by atoms with E-state index in [1.165, 1.54) is 42.0 Å². The van der Waals surface area contributed by atoms with Crippen LogP contribution in [0, 0.1) is 0 Å². The second-order valence-electron chi connectivity index (χ2n) is 20.2. The van der Waals surface area contributed by atoms with Gasteiger partial charge in [0.05, 0.1) is 75.8 Å². The van der Waals surface area contributed by atoms with Gasteiger partial charge in [0.15, 0.2) is 31.5 Å². The van der Waals surface area contributed by atoms with Crippen LogP contribution in [0.5, 0.6) is 11.5 Å². The van der Waals surface area contributed by atoms with Gasteiger partial charge in [-0.2, -0.15) is 26.3 Å². The Bertz CT molecular complexity index is 4650. The summed E-state index contributed by atoms with van der Waals surface area (Å²) in [6.45, 7) is 5.74. The minimum Gasteiger partial charge on any atom is -0.486 e. The molecule has 1 saturated heterocycles. The number of nitrogens with one attached hydrogen (secondary N) is 1. The number of nitrogens with zero attached hydrogens (tertiary/aromatic N) is 6. The summed E-state index contributed by atoms with van der Waals surface area (Å²) in [6.07, 6.45) is 0.719. The molecule has 0 spiro atoms. The van der Waals surface area contributed by atoms with Crippen LogP contribution in [0.3, 0.4) is 0 Å². The van der Waals surface area contributed by atoms with Gasteiger partial charge in [0.1, 0.15) is 19.3 Å². The maximum absolute atomic E-state index is 15.2. The van der Waals surface area contributed by atoms with Crippen molar-refractivity contribution in [3.8, 4) is 11.5 Å². The van der Waals surface area contributed by atoms with Gasteiger partial charge in [0.25, 0.3) is 11.7 Å². The summed E-state index contributed by atoms with van der Waals surface area (Å²) in [5.74, 6) is -17.5. The zero-order valence-corrected chi connectivity index (χ0v) is 57.3. The number of hydrogen-bond donors (Lipinski definition) is 3. The van der Waals surface area contributed by atoms with Gasteiger partial charge < -0.3 is 39.4 Å². The van der Waals surface area contributed by atoms with Crippen molar-refractivity contribution in [3.63, 3.8) is 0 Å². The van der Waals surface area contributed by atoms with E-state index in [0.717, 1.165) is 75.2 Å². The molecule has 7 heterocycles. The number of esters is 2. The molecule has 6 aromatic carbocycles. The number of fused-ring (bicyclic) bond motifs is 6. The standard InChI is InChI=1S/C24H24ClF2N3O4S.C11H8ClF2NO2S.C11H8ClNO3S.C9H4ClF2NO2S.C7H4ClNS.CH4/c25-15-4-6-20-16(12-15)29-23(35-20)24(26,27)22(32)28-17(13-30-7-1-2-8-30)21(31)14-3-5-18-19(11-14)34-10-9-33-18;1-2-17-10(16)11(13,14)9-15-7-5-6(12)3-4-8(7)18-9;1-2-16-11(15)9(14)10-13-7-5-6(12)3-4-8(7)17-10;10-4-1-2-6-5(3-4)13-7(16-6)9(11,12)8(14)15;8-5-1-2-7-6(3-5)9-4-10-7;/h3-6,11-12,17,21,31H,1-2,7-10,13H2,(H,28,32);3-5H,2H2,1H3;3-5H,2H2,1H3;1-3H,(H,14,15);1-4H;1H4/t17-,21-;;;;;/m1...../s1. The number of aromatic nitrogens is 5. The lowest BCUT2D eigenvalue weighted by molar-refractivity contribution is -0.173. The molecule has 0 saturated carbocycles. The number of benzene rings is 6. The molecule has 2 aliphatic heterocycles. The number of hydrogen-bond acceptors (Lipinski definition) is 21. The number of aliphatic carboxylic acids is 1. The average Bonchev–Trinajstić information content (AvgIpc) is 1.72. The number of halogens is 11. The summed E-state index contributed by atoms with van der Waals surface area (Å²) >= 11 is 33.8. The van der Waals surface area contributed by atoms with Crippen molar-refractivity contribution in [3.05, 3.63) is 165 Å². The molecule has 13 rings (SSSR count). The molecule has 512 valence electrons. The van der Waals surface area contributed by atoms with Gasteiger partial charge in [0, 0.05) is 31.7 Å². The van der Waals surface area contributed by atoms with E-state index in [0.29, 0.717) is 92.4 Å². The summed E-state index contributed by atoms with van der Waals surface area (Å²) in [6, 6.07) is 28.6. The first kappa shape index (κ1) is 75.6. The number of Topliss-reactive ketones (excluding diaryl/α,β-unsaturated/α-hetero) is 1. The van der Waals surface area contributed by atoms with Crippen molar-refractivity contribution in [2.24, 2.45) is 0 Å². The summed E-state index contributed by atoms with van der Waals surface area (Å²) in [7, 11) is 0. The first-order valence-electron chi connectivity index (χ1n) is 28.3. The minimum atomic E-state index is -3.96. The van der Waals surface area contributed by atoms with Crippen molar-refractivity contribution in [2.75, 3.05) is 46.1 Å². The Morgan fingerprint density at radius 3 is 1.52 bits per heavy atom. The zero-order valence-electron chi connectivity index (χ0n) is 49.4. The highest BCUT2D eigenvalue weighted by Crippen LogP contribution is 2.40. The fourth-order valence-electron chi connectivity index (χ4n) is 8.92. The van der Waals surface area contributed by atoms with Crippen LogP contribution in [0.2, 0.25) is 25.1 Å². The first-order valence-corrected chi connectivity index (χ1v) is 34.3. The Balaban J connectivity index is 0.000000165. The second-order valence-corrected chi connectivity index (χ2v) is 27.4. The third-order valence-corrected chi connectivity index (χ3v) is 19.8. The number of alkyl halides is 6. The number of carboxylic acid groups (broad SMARTS) is 1. The van der Waals surface area contributed by atoms with Gasteiger partial charge >= 0.3 is 35.7 Å². The maximum atomic E-state index is 15.2. The van der Waals surface area contributed by atoms with Crippen molar-refractivity contribution < 1.29 is 79.5 Å². The normalized spacial score (nSPS) is 13.5. The lowest BCUT2D eigenvalue weighted by Crippen LogP contribution is -2.50. The van der Waals surface area contributed by atoms with E-state index < -0.39 is 74.5 Å². The molecule has 97 heavy (non-hydrogen) atoms. The molecule has 0 unspecified atom stereocenters. The van der Waals surface area contributed by atoms with Gasteiger partial charge in [-0.25, -0.2) is 39.3 Å². The number of ether oxygens (including phenoxy) is 4. The van der Waals surface area contributed by atoms with Crippen molar-refractivity contribution in [1.82, 2.24) is 35.1 Å². The lowest BCUT2D eigenvalue weighted by Gasteiger charge is -2.30. The second kappa shape index (κ2) is 33.2. The predicted octanol–water partition coefficient (Wildman–Crippen LogP) is 17.1. The van der Waals surface area contributed by atoms with Gasteiger partial charge in [-0.3, -0.25) is 9.59 Å². The summed E-state index contributed by atoms with van der Waals surface area (Å²) < 4.78 is 108. The van der Waals surface area contributed by atoms with Crippen molar-refractivity contribution in [1.29, 1.82) is 0 Å². The molecule has 0 bridgehead atoms. The summed E-state index contributed by atoms with van der Waals surface area (Å²) in [4.78, 5) is 78.8. The van der Waals surface area contributed by atoms with E-state index in [1.807, 2.05) is 28.6 Å². The quantitative estimate of drug-likeness (QED) is 0.0374. The molecule has 5 aromatic heterocycles.